The summed E-state index contributed by atoms with van der Waals surface area (Å²) < 4.78 is 6.41. The third kappa shape index (κ3) is 2.29. The maximum atomic E-state index is 10.9. The molecule has 9 heteroatoms. The van der Waals surface area contributed by atoms with Crippen molar-refractivity contribution < 1.29 is 9.55 Å². The molecule has 2 heterocycles. The van der Waals surface area contributed by atoms with Crippen molar-refractivity contribution in [2.75, 3.05) is 5.32 Å². The number of benzene rings is 1. The number of hydrogen-bond acceptors (Lipinski definition) is 7. The van der Waals surface area contributed by atoms with Crippen LogP contribution in [0.2, 0.25) is 0 Å². The van der Waals surface area contributed by atoms with Crippen molar-refractivity contribution in [1.29, 1.82) is 0 Å². The van der Waals surface area contributed by atoms with Gasteiger partial charge in [-0.15, -0.1) is 0 Å². The molecule has 0 saturated carbocycles. The minimum atomic E-state index is -0.521. The number of anilines is 2. The van der Waals surface area contributed by atoms with E-state index in [9.17, 15) is 10.1 Å². The van der Waals surface area contributed by atoms with Crippen molar-refractivity contribution in [3.8, 4) is 0 Å². The highest BCUT2D eigenvalue weighted by molar-refractivity contribution is 5.94. The molecular weight excluding hydrogens is 276 g/mol. The van der Waals surface area contributed by atoms with Gasteiger partial charge in [-0.3, -0.25) is 14.8 Å². The molecule has 108 valence electrons. The van der Waals surface area contributed by atoms with Gasteiger partial charge in [-0.05, 0) is 30.2 Å². The molecule has 9 nitrogen and oxygen atoms in total. The zero-order valence-electron chi connectivity index (χ0n) is 11.3. The van der Waals surface area contributed by atoms with E-state index in [2.05, 4.69) is 25.4 Å². The van der Waals surface area contributed by atoms with E-state index in [4.69, 9.17) is 0 Å². The number of hydrogen-bond donors (Lipinski definition) is 1. The van der Waals surface area contributed by atoms with Gasteiger partial charge in [0, 0.05) is 18.3 Å². The topological polar surface area (TPSA) is 112 Å². The molecule has 3 rings (SSSR count). The van der Waals surface area contributed by atoms with Gasteiger partial charge in [-0.2, -0.15) is 5.10 Å². The van der Waals surface area contributed by atoms with Crippen LogP contribution in [0.25, 0.3) is 11.0 Å². The second kappa shape index (κ2) is 4.85. The van der Waals surface area contributed by atoms with E-state index < -0.39 is 4.92 Å². The summed E-state index contributed by atoms with van der Waals surface area (Å²) in [5.74, 6) is 0. The largest absolute Gasteiger partial charge is 0.351 e. The molecule has 0 aliphatic heterocycles. The van der Waals surface area contributed by atoms with E-state index in [-0.39, 0.29) is 17.2 Å². The first-order valence-corrected chi connectivity index (χ1v) is 6.27. The molecule has 0 aliphatic rings. The molecule has 0 bridgehead atoms. The van der Waals surface area contributed by atoms with Crippen LogP contribution in [-0.4, -0.2) is 25.0 Å². The summed E-state index contributed by atoms with van der Waals surface area (Å²) >= 11 is 0. The average molecular weight is 288 g/mol. The quantitative estimate of drug-likeness (QED) is 0.580. The molecule has 3 aromatic rings. The maximum absolute atomic E-state index is 10.9. The first-order valence-electron chi connectivity index (χ1n) is 6.27. The summed E-state index contributed by atoms with van der Waals surface area (Å²) in [5, 5.41) is 25.5. The minimum Gasteiger partial charge on any atom is -0.351 e. The van der Waals surface area contributed by atoms with Crippen LogP contribution in [0, 0.1) is 10.1 Å². The van der Waals surface area contributed by atoms with Gasteiger partial charge in [0.15, 0.2) is 5.52 Å². The second-order valence-corrected chi connectivity index (χ2v) is 4.78. The summed E-state index contributed by atoms with van der Waals surface area (Å²) in [5.41, 5.74) is 1.60. The van der Waals surface area contributed by atoms with E-state index in [0.717, 1.165) is 5.69 Å². The van der Waals surface area contributed by atoms with Crippen molar-refractivity contribution in [2.45, 2.75) is 19.9 Å². The van der Waals surface area contributed by atoms with Gasteiger partial charge >= 0.3 is 5.69 Å². The van der Waals surface area contributed by atoms with Gasteiger partial charge < -0.3 is 5.32 Å². The highest BCUT2D eigenvalue weighted by Gasteiger charge is 2.19. The summed E-state index contributed by atoms with van der Waals surface area (Å²) in [7, 11) is 0. The molecule has 0 fully saturated rings. The normalized spacial score (nSPS) is 11.2. The number of nitro benzene ring substituents is 1. The van der Waals surface area contributed by atoms with E-state index in [0.29, 0.717) is 11.2 Å². The van der Waals surface area contributed by atoms with E-state index >= 15 is 0 Å². The minimum absolute atomic E-state index is 0.112. The molecule has 0 spiro atoms. The number of rotatable bonds is 4. The Balaban J connectivity index is 1.99. The lowest BCUT2D eigenvalue weighted by molar-refractivity contribution is -0.383. The van der Waals surface area contributed by atoms with Crippen LogP contribution >= 0.6 is 0 Å². The Morgan fingerprint density at radius 3 is 2.76 bits per heavy atom. The lowest BCUT2D eigenvalue weighted by Gasteiger charge is -2.05. The van der Waals surface area contributed by atoms with Crippen LogP contribution in [0.4, 0.5) is 17.1 Å². The zero-order chi connectivity index (χ0) is 15.0. The molecule has 1 N–H and O–H groups in total. The fraction of sp³-hybridized carbons (Fsp3) is 0.250. The molecule has 0 amide bonds. The Kier molecular flexibility index (Phi) is 3.01. The third-order valence-electron chi connectivity index (χ3n) is 3.00. The summed E-state index contributed by atoms with van der Waals surface area (Å²) in [4.78, 5) is 10.4. The average Bonchev–Trinajstić information content (AvgIpc) is 3.06. The van der Waals surface area contributed by atoms with E-state index in [1.807, 2.05) is 20.0 Å². The third-order valence-corrected chi connectivity index (χ3v) is 3.00. The van der Waals surface area contributed by atoms with Crippen molar-refractivity contribution in [3.05, 3.63) is 34.6 Å². The Labute approximate surface area is 118 Å². The summed E-state index contributed by atoms with van der Waals surface area (Å²) in [6, 6.07) is 3.17. The molecule has 0 aliphatic carbocycles. The number of nitrogens with one attached hydrogen (secondary N) is 1. The highest BCUT2D eigenvalue weighted by atomic mass is 16.6. The SMILES string of the molecule is CC(C)n1cc(Nc2ccc([N+](=O)[O-])c3nonc23)cn1. The molecule has 0 saturated heterocycles. The van der Waals surface area contributed by atoms with Gasteiger partial charge in [-0.1, -0.05) is 0 Å². The Morgan fingerprint density at radius 2 is 2.10 bits per heavy atom. The number of nitro groups is 1. The van der Waals surface area contributed by atoms with Gasteiger partial charge in [0.25, 0.3) is 0 Å². The molecular formula is C12H12N6O3. The first-order chi connectivity index (χ1) is 10.1. The van der Waals surface area contributed by atoms with Crippen LogP contribution in [0.5, 0.6) is 0 Å². The molecule has 1 aromatic carbocycles. The van der Waals surface area contributed by atoms with Crippen molar-refractivity contribution >= 4 is 28.1 Å². The Hall–Kier alpha value is -2.97. The highest BCUT2D eigenvalue weighted by Crippen LogP contribution is 2.30. The van der Waals surface area contributed by atoms with Gasteiger partial charge in [-0.25, -0.2) is 4.63 Å². The van der Waals surface area contributed by atoms with Crippen LogP contribution in [0.3, 0.4) is 0 Å². The Morgan fingerprint density at radius 1 is 1.33 bits per heavy atom. The van der Waals surface area contributed by atoms with Crippen molar-refractivity contribution in [3.63, 3.8) is 0 Å². The van der Waals surface area contributed by atoms with Crippen LogP contribution in [0.15, 0.2) is 29.2 Å². The molecule has 21 heavy (non-hydrogen) atoms. The summed E-state index contributed by atoms with van der Waals surface area (Å²) in [6.07, 6.45) is 3.51. The van der Waals surface area contributed by atoms with Crippen molar-refractivity contribution in [2.24, 2.45) is 0 Å². The van der Waals surface area contributed by atoms with Crippen LogP contribution in [0.1, 0.15) is 19.9 Å². The van der Waals surface area contributed by atoms with Gasteiger partial charge in [0.1, 0.15) is 0 Å². The fourth-order valence-electron chi connectivity index (χ4n) is 1.94. The van der Waals surface area contributed by atoms with Gasteiger partial charge in [0.2, 0.25) is 5.52 Å². The van der Waals surface area contributed by atoms with E-state index in [1.165, 1.54) is 6.07 Å². The summed E-state index contributed by atoms with van der Waals surface area (Å²) in [6.45, 7) is 4.03. The number of aromatic nitrogens is 4. The predicted octanol–water partition coefficient (Wildman–Crippen LogP) is 2.65. The number of non-ortho nitro benzene ring substituents is 1. The van der Waals surface area contributed by atoms with Crippen LogP contribution in [-0.2, 0) is 0 Å². The van der Waals surface area contributed by atoms with Crippen molar-refractivity contribution in [1.82, 2.24) is 20.1 Å². The lowest BCUT2D eigenvalue weighted by atomic mass is 10.2. The number of fused-ring (bicyclic) bond motifs is 1. The smallest absolute Gasteiger partial charge is 0.300 e. The Bertz CT molecular complexity index is 806. The van der Waals surface area contributed by atoms with E-state index in [1.54, 1.807) is 16.9 Å². The molecule has 2 aromatic heterocycles. The zero-order valence-corrected chi connectivity index (χ0v) is 11.3. The predicted molar refractivity (Wildman–Crippen MR) is 74.4 cm³/mol. The first kappa shape index (κ1) is 13.0. The molecule has 0 unspecified atom stereocenters. The molecule has 0 radical (unpaired) electrons. The number of nitrogens with zero attached hydrogens (tertiary/aromatic N) is 5. The molecule has 0 atom stereocenters. The standard InChI is InChI=1S/C12H12N6O3/c1-7(2)17-6-8(5-13-17)14-9-3-4-10(18(19)20)12-11(9)15-21-16-12/h3-7,14H,1-2H3. The maximum Gasteiger partial charge on any atom is 0.300 e. The fourth-order valence-corrected chi connectivity index (χ4v) is 1.94. The van der Waals surface area contributed by atoms with Crippen LogP contribution < -0.4 is 5.32 Å². The lowest BCUT2D eigenvalue weighted by Crippen LogP contribution is -2.00. The second-order valence-electron chi connectivity index (χ2n) is 4.78. The monoisotopic (exact) mass is 288 g/mol. The van der Waals surface area contributed by atoms with Gasteiger partial charge in [0.05, 0.1) is 22.5 Å².